The number of ether oxygens (including phenoxy) is 1. The maximum Gasteiger partial charge on any atom is 0.135 e. The first-order valence-corrected chi connectivity index (χ1v) is 6.46. The van der Waals surface area contributed by atoms with E-state index in [4.69, 9.17) is 4.74 Å². The molecule has 0 unspecified atom stereocenters. The predicted molar refractivity (Wildman–Crippen MR) is 65.9 cm³/mol. The van der Waals surface area contributed by atoms with Crippen molar-refractivity contribution in [1.29, 1.82) is 0 Å². The van der Waals surface area contributed by atoms with E-state index in [1.807, 2.05) is 0 Å². The molecule has 1 fully saturated rings. The lowest BCUT2D eigenvalue weighted by atomic mass is 10.1. The Labute approximate surface area is 113 Å². The molecule has 20 heavy (non-hydrogen) atoms. The van der Waals surface area contributed by atoms with Crippen LogP contribution in [0.1, 0.15) is 11.7 Å². The van der Waals surface area contributed by atoms with E-state index in [0.717, 1.165) is 24.8 Å². The Hall–Kier alpha value is -1.86. The molecule has 1 N–H and O–H groups in total. The predicted octanol–water partition coefficient (Wildman–Crippen LogP) is 1.27. The molecule has 1 saturated heterocycles. The molecule has 7 heteroatoms. The van der Waals surface area contributed by atoms with Crippen LogP contribution in [0, 0.1) is 11.6 Å². The van der Waals surface area contributed by atoms with Crippen LogP contribution in [-0.4, -0.2) is 34.2 Å². The fourth-order valence-corrected chi connectivity index (χ4v) is 2.85. The van der Waals surface area contributed by atoms with Crippen LogP contribution in [0.2, 0.25) is 0 Å². The number of hydrogen-bond donors (Lipinski definition) is 1. The molecular formula is C13H12F2N4O. The first-order chi connectivity index (χ1) is 9.74. The standard InChI is InChI=1S/C13H12F2N4O/c14-7-1-2-8(9(15)3-7)13-11-6-20-12-5-16-4-10(12)19(11)18-17-13/h1-3,10,12,16H,4-6H2/t10-,12-/m0/s1. The van der Waals surface area contributed by atoms with Crippen LogP contribution in [0.25, 0.3) is 11.3 Å². The lowest BCUT2D eigenvalue weighted by Gasteiger charge is -2.26. The second-order valence-electron chi connectivity index (χ2n) is 5.03. The van der Waals surface area contributed by atoms with Crippen molar-refractivity contribution in [3.05, 3.63) is 35.5 Å². The SMILES string of the molecule is Fc1ccc(-c2nnn3c2CO[C@H]2CNC[C@@H]23)c(F)c1. The van der Waals surface area contributed by atoms with Crippen molar-refractivity contribution in [3.63, 3.8) is 0 Å². The highest BCUT2D eigenvalue weighted by molar-refractivity contribution is 5.62. The van der Waals surface area contributed by atoms with Crippen LogP contribution in [0.3, 0.4) is 0 Å². The van der Waals surface area contributed by atoms with Gasteiger partial charge in [0.15, 0.2) is 0 Å². The maximum atomic E-state index is 13.9. The van der Waals surface area contributed by atoms with Gasteiger partial charge in [-0.05, 0) is 12.1 Å². The zero-order valence-corrected chi connectivity index (χ0v) is 10.5. The Morgan fingerprint density at radius 3 is 3.05 bits per heavy atom. The van der Waals surface area contributed by atoms with E-state index in [1.165, 1.54) is 12.1 Å². The third-order valence-electron chi connectivity index (χ3n) is 3.85. The van der Waals surface area contributed by atoms with E-state index in [1.54, 1.807) is 4.68 Å². The van der Waals surface area contributed by atoms with E-state index in [0.29, 0.717) is 12.3 Å². The first kappa shape index (κ1) is 11.9. The van der Waals surface area contributed by atoms with Gasteiger partial charge in [0.2, 0.25) is 0 Å². The van der Waals surface area contributed by atoms with Crippen LogP contribution in [0.5, 0.6) is 0 Å². The van der Waals surface area contributed by atoms with E-state index >= 15 is 0 Å². The second kappa shape index (κ2) is 4.32. The molecule has 0 radical (unpaired) electrons. The van der Waals surface area contributed by atoms with Crippen molar-refractivity contribution in [1.82, 2.24) is 20.3 Å². The lowest BCUT2D eigenvalue weighted by Crippen LogP contribution is -2.32. The number of nitrogens with zero attached hydrogens (tertiary/aromatic N) is 3. The monoisotopic (exact) mass is 278 g/mol. The minimum absolute atomic E-state index is 0.0788. The largest absolute Gasteiger partial charge is 0.368 e. The summed E-state index contributed by atoms with van der Waals surface area (Å²) in [7, 11) is 0. The molecule has 0 amide bonds. The quantitative estimate of drug-likeness (QED) is 0.853. The van der Waals surface area contributed by atoms with Crippen LogP contribution >= 0.6 is 0 Å². The van der Waals surface area contributed by atoms with Gasteiger partial charge in [-0.1, -0.05) is 5.21 Å². The molecule has 2 aliphatic heterocycles. The number of fused-ring (bicyclic) bond motifs is 3. The van der Waals surface area contributed by atoms with Crippen LogP contribution in [-0.2, 0) is 11.3 Å². The van der Waals surface area contributed by atoms with Crippen molar-refractivity contribution in [3.8, 4) is 11.3 Å². The van der Waals surface area contributed by atoms with E-state index in [9.17, 15) is 8.78 Å². The molecular weight excluding hydrogens is 266 g/mol. The van der Waals surface area contributed by atoms with Crippen molar-refractivity contribution >= 4 is 0 Å². The minimum atomic E-state index is -0.639. The molecule has 3 heterocycles. The molecule has 4 rings (SSSR count). The highest BCUT2D eigenvalue weighted by Gasteiger charge is 2.37. The van der Waals surface area contributed by atoms with E-state index in [-0.39, 0.29) is 17.7 Å². The van der Waals surface area contributed by atoms with Gasteiger partial charge in [-0.2, -0.15) is 0 Å². The third kappa shape index (κ3) is 1.66. The summed E-state index contributed by atoms with van der Waals surface area (Å²) in [5, 5.41) is 11.4. The summed E-state index contributed by atoms with van der Waals surface area (Å²) in [4.78, 5) is 0. The van der Waals surface area contributed by atoms with Crippen molar-refractivity contribution in [2.45, 2.75) is 18.8 Å². The lowest BCUT2D eigenvalue weighted by molar-refractivity contribution is -0.00262. The highest BCUT2D eigenvalue weighted by Crippen LogP contribution is 2.32. The highest BCUT2D eigenvalue weighted by atomic mass is 19.1. The molecule has 1 aromatic heterocycles. The summed E-state index contributed by atoms with van der Waals surface area (Å²) >= 11 is 0. The Balaban J connectivity index is 1.81. The molecule has 104 valence electrons. The molecule has 0 spiro atoms. The van der Waals surface area contributed by atoms with Gasteiger partial charge in [0.1, 0.15) is 17.3 Å². The van der Waals surface area contributed by atoms with Gasteiger partial charge >= 0.3 is 0 Å². The summed E-state index contributed by atoms with van der Waals surface area (Å²) in [5.74, 6) is -1.25. The second-order valence-corrected chi connectivity index (χ2v) is 5.03. The summed E-state index contributed by atoms with van der Waals surface area (Å²) < 4.78 is 34.4. The molecule has 0 saturated carbocycles. The summed E-state index contributed by atoms with van der Waals surface area (Å²) in [6, 6.07) is 3.54. The number of halogens is 2. The minimum Gasteiger partial charge on any atom is -0.368 e. The van der Waals surface area contributed by atoms with Gasteiger partial charge in [-0.25, -0.2) is 13.5 Å². The number of rotatable bonds is 1. The van der Waals surface area contributed by atoms with Gasteiger partial charge in [0, 0.05) is 24.7 Å². The number of nitrogens with one attached hydrogen (secondary N) is 1. The molecule has 2 aliphatic rings. The van der Waals surface area contributed by atoms with E-state index in [2.05, 4.69) is 15.6 Å². The Morgan fingerprint density at radius 2 is 2.20 bits per heavy atom. The fraction of sp³-hybridized carbons (Fsp3) is 0.385. The normalized spacial score (nSPS) is 24.5. The van der Waals surface area contributed by atoms with Gasteiger partial charge in [-0.15, -0.1) is 5.10 Å². The average Bonchev–Trinajstić information content (AvgIpc) is 3.03. The van der Waals surface area contributed by atoms with Crippen LogP contribution in [0.15, 0.2) is 18.2 Å². The molecule has 5 nitrogen and oxygen atoms in total. The Bertz CT molecular complexity index is 672. The van der Waals surface area contributed by atoms with Gasteiger partial charge in [0.05, 0.1) is 24.4 Å². The Kier molecular flexibility index (Phi) is 2.58. The number of hydrogen-bond acceptors (Lipinski definition) is 4. The van der Waals surface area contributed by atoms with Crippen molar-refractivity contribution in [2.75, 3.05) is 13.1 Å². The smallest absolute Gasteiger partial charge is 0.135 e. The summed E-state index contributed by atoms with van der Waals surface area (Å²) in [5.41, 5.74) is 1.41. The Morgan fingerprint density at radius 1 is 1.30 bits per heavy atom. The molecule has 1 aromatic carbocycles. The maximum absolute atomic E-state index is 13.9. The topological polar surface area (TPSA) is 52.0 Å². The van der Waals surface area contributed by atoms with Crippen LogP contribution in [0.4, 0.5) is 8.78 Å². The van der Waals surface area contributed by atoms with Gasteiger partial charge in [-0.3, -0.25) is 0 Å². The van der Waals surface area contributed by atoms with Crippen molar-refractivity contribution in [2.24, 2.45) is 0 Å². The zero-order valence-electron chi connectivity index (χ0n) is 10.5. The van der Waals surface area contributed by atoms with Crippen LogP contribution < -0.4 is 5.32 Å². The number of benzene rings is 1. The van der Waals surface area contributed by atoms with Crippen molar-refractivity contribution < 1.29 is 13.5 Å². The summed E-state index contributed by atoms with van der Waals surface area (Å²) in [6.45, 7) is 1.87. The molecule has 2 atom stereocenters. The van der Waals surface area contributed by atoms with Gasteiger partial charge < -0.3 is 10.1 Å². The number of aromatic nitrogens is 3. The molecule has 2 aromatic rings. The van der Waals surface area contributed by atoms with E-state index < -0.39 is 11.6 Å². The van der Waals surface area contributed by atoms with Gasteiger partial charge in [0.25, 0.3) is 0 Å². The molecule has 0 bridgehead atoms. The average molecular weight is 278 g/mol. The zero-order chi connectivity index (χ0) is 13.7. The third-order valence-corrected chi connectivity index (χ3v) is 3.85. The first-order valence-electron chi connectivity index (χ1n) is 6.46. The fourth-order valence-electron chi connectivity index (χ4n) is 2.85. The summed E-state index contributed by atoms with van der Waals surface area (Å²) in [6.07, 6.45) is 0.0788. The molecule has 0 aliphatic carbocycles.